The maximum Gasteiger partial charge on any atom is 0.116 e. The fraction of sp³-hybridized carbons (Fsp3) is 0.172. The molecule has 0 heterocycles. The van der Waals surface area contributed by atoms with E-state index in [4.69, 9.17) is 0 Å². The van der Waals surface area contributed by atoms with Crippen molar-refractivity contribution in [3.8, 4) is 0 Å². The molecule has 1 atom stereocenters. The van der Waals surface area contributed by atoms with Gasteiger partial charge in [-0.05, 0) is 38.0 Å². The Bertz CT molecular complexity index is 944. The van der Waals surface area contributed by atoms with Gasteiger partial charge in [0.2, 0.25) is 0 Å². The van der Waals surface area contributed by atoms with E-state index in [9.17, 15) is 0 Å². The largest absolute Gasteiger partial charge is 0.241 e. The second-order valence-corrected chi connectivity index (χ2v) is 8.03. The van der Waals surface area contributed by atoms with Gasteiger partial charge in [-0.2, -0.15) is 0 Å². The maximum atomic E-state index is 4.64. The maximum absolute atomic E-state index is 4.64. The predicted molar refractivity (Wildman–Crippen MR) is 150 cm³/mol. The molecule has 0 amide bonds. The van der Waals surface area contributed by atoms with Gasteiger partial charge in [-0.25, -0.2) is 9.98 Å². The minimum atomic E-state index is 0.126. The first-order chi connectivity index (χ1) is 15.2. The van der Waals surface area contributed by atoms with Gasteiger partial charge in [-0.1, -0.05) is 113 Å². The summed E-state index contributed by atoms with van der Waals surface area (Å²) in [7, 11) is 0. The summed E-state index contributed by atoms with van der Waals surface area (Å²) in [6.45, 7) is 32.1. The van der Waals surface area contributed by atoms with Gasteiger partial charge in [-0.3, -0.25) is 0 Å². The number of hydrogen-bond donors (Lipinski definition) is 0. The smallest absolute Gasteiger partial charge is 0.116 e. The van der Waals surface area contributed by atoms with Crippen molar-refractivity contribution in [1.29, 1.82) is 0 Å². The Morgan fingerprint density at radius 2 is 1.47 bits per heavy atom. The molecule has 0 aromatic heterocycles. The quantitative estimate of drug-likeness (QED) is 0.114. The van der Waals surface area contributed by atoms with Crippen molar-refractivity contribution < 1.29 is 0 Å². The van der Waals surface area contributed by atoms with Crippen LogP contribution in [0.3, 0.4) is 0 Å². The van der Waals surface area contributed by atoms with Gasteiger partial charge in [0.25, 0.3) is 0 Å². The van der Waals surface area contributed by atoms with Gasteiger partial charge in [-0.15, -0.1) is 0 Å². The van der Waals surface area contributed by atoms with E-state index in [1.807, 2.05) is 82.4 Å². The lowest BCUT2D eigenvalue weighted by atomic mass is 10.0. The molecule has 0 aliphatic carbocycles. The number of aliphatic imine (C=N–C) groups is 2. The first-order valence-corrected chi connectivity index (χ1v) is 11.1. The Kier molecular flexibility index (Phi) is 14.9. The van der Waals surface area contributed by atoms with Crippen LogP contribution in [-0.2, 0) is 0 Å². The van der Waals surface area contributed by atoms with Crippen LogP contribution in [0.4, 0.5) is 0 Å². The van der Waals surface area contributed by atoms with Crippen LogP contribution >= 0.6 is 11.8 Å². The molecular formula is C29H36N2S. The molecule has 0 fully saturated rings. The van der Waals surface area contributed by atoms with E-state index in [-0.39, 0.29) is 5.92 Å². The van der Waals surface area contributed by atoms with Crippen molar-refractivity contribution in [2.24, 2.45) is 15.9 Å². The Morgan fingerprint density at radius 1 is 0.844 bits per heavy atom. The van der Waals surface area contributed by atoms with Gasteiger partial charge < -0.3 is 0 Å². The molecule has 3 heteroatoms. The second-order valence-electron chi connectivity index (χ2n) is 6.81. The van der Waals surface area contributed by atoms with Crippen molar-refractivity contribution >= 4 is 23.8 Å². The highest BCUT2D eigenvalue weighted by Crippen LogP contribution is 2.28. The third kappa shape index (κ3) is 11.9. The molecule has 0 bridgehead atoms. The molecule has 1 unspecified atom stereocenters. The summed E-state index contributed by atoms with van der Waals surface area (Å²) in [4.78, 5) is 10.6. The van der Waals surface area contributed by atoms with Crippen molar-refractivity contribution in [1.82, 2.24) is 0 Å². The molecule has 0 rings (SSSR count). The van der Waals surface area contributed by atoms with Crippen LogP contribution in [0.15, 0.2) is 142 Å². The normalized spacial score (nSPS) is 14.1. The molecule has 168 valence electrons. The number of hydrogen-bond acceptors (Lipinski definition) is 2. The Labute approximate surface area is 199 Å². The van der Waals surface area contributed by atoms with E-state index >= 15 is 0 Å². The average Bonchev–Trinajstić information content (AvgIpc) is 2.74. The van der Waals surface area contributed by atoms with Crippen molar-refractivity contribution in [2.45, 2.75) is 27.7 Å². The molecule has 0 aromatic rings. The summed E-state index contributed by atoms with van der Waals surface area (Å²) < 4.78 is 0. The minimum Gasteiger partial charge on any atom is -0.241 e. The molecule has 0 aliphatic rings. The van der Waals surface area contributed by atoms with Gasteiger partial charge in [0.15, 0.2) is 0 Å². The Hall–Kier alpha value is -3.17. The third-order valence-electron chi connectivity index (χ3n) is 4.02. The lowest BCUT2D eigenvalue weighted by Gasteiger charge is -2.11. The monoisotopic (exact) mass is 444 g/mol. The van der Waals surface area contributed by atoms with Crippen LogP contribution in [0.2, 0.25) is 0 Å². The number of rotatable bonds is 14. The third-order valence-corrected chi connectivity index (χ3v) is 4.88. The Morgan fingerprint density at radius 3 is 2.03 bits per heavy atom. The topological polar surface area (TPSA) is 24.7 Å². The van der Waals surface area contributed by atoms with E-state index < -0.39 is 0 Å². The van der Waals surface area contributed by atoms with Gasteiger partial charge in [0.1, 0.15) is 6.34 Å². The average molecular weight is 445 g/mol. The highest BCUT2D eigenvalue weighted by Gasteiger charge is 2.11. The Balaban J connectivity index is 6.43. The van der Waals surface area contributed by atoms with E-state index in [0.29, 0.717) is 10.6 Å². The molecular weight excluding hydrogens is 408 g/mol. The lowest BCUT2D eigenvalue weighted by molar-refractivity contribution is 0.852. The van der Waals surface area contributed by atoms with E-state index in [0.717, 1.165) is 27.3 Å². The SMILES string of the molecule is C=CC(=C)SC(=C)C(=NC=NC(=C)C(C)/C=C\C)C(/C=C\C(=C)/C=C\C)=C/C(=C)/C=C\C. The number of allylic oxidation sites excluding steroid dienone is 14. The molecule has 0 N–H and O–H groups in total. The first-order valence-electron chi connectivity index (χ1n) is 10.3. The summed E-state index contributed by atoms with van der Waals surface area (Å²) in [6.07, 6.45) is 20.8. The number of thioether (sulfide) groups is 1. The summed E-state index contributed by atoms with van der Waals surface area (Å²) in [5.74, 6) is 0.126. The van der Waals surface area contributed by atoms with Gasteiger partial charge >= 0.3 is 0 Å². The van der Waals surface area contributed by atoms with Crippen molar-refractivity contribution in [3.63, 3.8) is 0 Å². The van der Waals surface area contributed by atoms with Crippen LogP contribution in [0.5, 0.6) is 0 Å². The van der Waals surface area contributed by atoms with E-state index in [1.165, 1.54) is 18.1 Å². The minimum absolute atomic E-state index is 0.126. The highest BCUT2D eigenvalue weighted by atomic mass is 32.2. The standard InChI is InChI=1S/C29H36N2S/c1-11-15-22(5)18-19-28(20-23(6)16-12-2)29(27(10)32-25(8)14-4)31-21-30-26(9)24(7)17-13-3/h11-21,24H,4-6,8-10H2,1-3,7H3/b15-11-,16-12-,17-13-,19-18-,28-20+,30-21?,31-29?. The van der Waals surface area contributed by atoms with Crippen LogP contribution in [0, 0.1) is 5.92 Å². The first kappa shape index (κ1) is 28.8. The summed E-state index contributed by atoms with van der Waals surface area (Å²) in [5, 5.41) is 0. The molecule has 0 spiro atoms. The zero-order valence-electron chi connectivity index (χ0n) is 20.0. The summed E-state index contributed by atoms with van der Waals surface area (Å²) in [5.41, 5.74) is 3.90. The fourth-order valence-corrected chi connectivity index (χ4v) is 3.02. The van der Waals surface area contributed by atoms with Crippen LogP contribution in [0.1, 0.15) is 27.7 Å². The summed E-state index contributed by atoms with van der Waals surface area (Å²) >= 11 is 1.40. The molecule has 0 aromatic carbocycles. The number of nitrogens with zero attached hydrogens (tertiary/aromatic N) is 2. The van der Waals surface area contributed by atoms with Crippen LogP contribution in [0.25, 0.3) is 0 Å². The highest BCUT2D eigenvalue weighted by molar-refractivity contribution is 8.07. The molecule has 0 saturated heterocycles. The molecule has 0 saturated carbocycles. The van der Waals surface area contributed by atoms with Gasteiger partial charge in [0.05, 0.1) is 5.71 Å². The molecule has 0 aliphatic heterocycles. The molecule has 0 radical (unpaired) electrons. The second kappa shape index (κ2) is 16.5. The van der Waals surface area contributed by atoms with Gasteiger partial charge in [0, 0.05) is 27.0 Å². The lowest BCUT2D eigenvalue weighted by Crippen LogP contribution is -2.04. The zero-order chi connectivity index (χ0) is 24.5. The van der Waals surface area contributed by atoms with Crippen LogP contribution in [-0.4, -0.2) is 12.1 Å². The van der Waals surface area contributed by atoms with Crippen LogP contribution < -0.4 is 0 Å². The molecule has 2 nitrogen and oxygen atoms in total. The van der Waals surface area contributed by atoms with Crippen molar-refractivity contribution in [2.75, 3.05) is 0 Å². The van der Waals surface area contributed by atoms with E-state index in [1.54, 1.807) is 6.08 Å². The fourth-order valence-electron chi connectivity index (χ4n) is 2.36. The molecule has 32 heavy (non-hydrogen) atoms. The van der Waals surface area contributed by atoms with E-state index in [2.05, 4.69) is 49.5 Å². The zero-order valence-corrected chi connectivity index (χ0v) is 20.8. The predicted octanol–water partition coefficient (Wildman–Crippen LogP) is 8.88. The summed E-state index contributed by atoms with van der Waals surface area (Å²) in [6, 6.07) is 0. The van der Waals surface area contributed by atoms with Crippen molar-refractivity contribution in [3.05, 3.63) is 132 Å².